The molecule has 1 aromatic carbocycles. The summed E-state index contributed by atoms with van der Waals surface area (Å²) in [5, 5.41) is 1.27. The average Bonchev–Trinajstić information content (AvgIpc) is 2.27. The largest absolute Gasteiger partial charge is 0.252 e. The van der Waals surface area contributed by atoms with E-state index in [4.69, 9.17) is 4.98 Å². The second-order valence-corrected chi connectivity index (χ2v) is 3.95. The summed E-state index contributed by atoms with van der Waals surface area (Å²) < 4.78 is 0. The van der Waals surface area contributed by atoms with Crippen LogP contribution in [0.5, 0.6) is 0 Å². The van der Waals surface area contributed by atoms with Crippen LogP contribution in [0.1, 0.15) is 30.7 Å². The van der Waals surface area contributed by atoms with Crippen LogP contribution in [0.15, 0.2) is 24.3 Å². The molecule has 0 aliphatic rings. The van der Waals surface area contributed by atoms with Gasteiger partial charge in [-0.25, -0.2) is 0 Å². The molecule has 0 radical (unpaired) electrons. The van der Waals surface area contributed by atoms with Gasteiger partial charge in [0.05, 0.1) is 5.52 Å². The third kappa shape index (κ3) is 1.74. The number of benzene rings is 1. The summed E-state index contributed by atoms with van der Waals surface area (Å²) in [7, 11) is 0. The summed E-state index contributed by atoms with van der Waals surface area (Å²) in [5.74, 6) is 0. The van der Waals surface area contributed by atoms with Gasteiger partial charge in [-0.15, -0.1) is 0 Å². The van der Waals surface area contributed by atoms with Crippen LogP contribution in [-0.4, -0.2) is 4.98 Å². The number of pyridine rings is 1. The van der Waals surface area contributed by atoms with Gasteiger partial charge < -0.3 is 0 Å². The van der Waals surface area contributed by atoms with Crippen molar-refractivity contribution in [3.8, 4) is 0 Å². The molecule has 0 aliphatic heterocycles. The van der Waals surface area contributed by atoms with Crippen molar-refractivity contribution in [3.63, 3.8) is 0 Å². The summed E-state index contributed by atoms with van der Waals surface area (Å²) in [5.41, 5.74) is 5.06. The van der Waals surface area contributed by atoms with E-state index >= 15 is 0 Å². The molecule has 1 heterocycles. The Morgan fingerprint density at radius 3 is 2.60 bits per heavy atom. The fraction of sp³-hybridized carbons (Fsp3) is 0.357. The molecule has 0 amide bonds. The molecule has 1 aromatic heterocycles. The number of hydrogen-bond donors (Lipinski definition) is 0. The maximum Gasteiger partial charge on any atom is 0.0737 e. The highest BCUT2D eigenvalue weighted by atomic mass is 14.7. The van der Waals surface area contributed by atoms with Gasteiger partial charge in [0.1, 0.15) is 0 Å². The van der Waals surface area contributed by atoms with Crippen molar-refractivity contribution in [2.75, 3.05) is 0 Å². The predicted octanol–water partition coefficient (Wildman–Crippen LogP) is 3.67. The molecule has 0 unspecified atom stereocenters. The topological polar surface area (TPSA) is 12.9 Å². The molecule has 0 fully saturated rings. The minimum atomic E-state index is 1.01. The zero-order valence-electron chi connectivity index (χ0n) is 9.67. The highest BCUT2D eigenvalue weighted by Crippen LogP contribution is 2.20. The lowest BCUT2D eigenvalue weighted by atomic mass is 10.0. The zero-order valence-corrected chi connectivity index (χ0v) is 9.67. The van der Waals surface area contributed by atoms with Crippen molar-refractivity contribution in [3.05, 3.63) is 41.1 Å². The first-order valence-corrected chi connectivity index (χ1v) is 5.64. The van der Waals surface area contributed by atoms with E-state index < -0.39 is 0 Å². The van der Waals surface area contributed by atoms with Crippen LogP contribution < -0.4 is 0 Å². The van der Waals surface area contributed by atoms with E-state index in [0.717, 1.165) is 12.8 Å². The van der Waals surface area contributed by atoms with E-state index in [0.29, 0.717) is 0 Å². The Kier molecular flexibility index (Phi) is 2.72. The molecule has 1 nitrogen and oxygen atoms in total. The highest BCUT2D eigenvalue weighted by molar-refractivity contribution is 5.82. The molecule has 78 valence electrons. The molecule has 0 aliphatic carbocycles. The van der Waals surface area contributed by atoms with Crippen LogP contribution in [0, 0.1) is 6.92 Å². The SMILES string of the molecule is CCc1nc2c(CC)cccc2cc1C. The van der Waals surface area contributed by atoms with Gasteiger partial charge in [0.25, 0.3) is 0 Å². The van der Waals surface area contributed by atoms with E-state index in [1.165, 1.54) is 27.7 Å². The second-order valence-electron chi connectivity index (χ2n) is 3.95. The third-order valence-corrected chi connectivity index (χ3v) is 2.94. The number of rotatable bonds is 2. The van der Waals surface area contributed by atoms with Gasteiger partial charge in [-0.3, -0.25) is 4.98 Å². The van der Waals surface area contributed by atoms with Crippen LogP contribution in [0.2, 0.25) is 0 Å². The number of fused-ring (bicyclic) bond motifs is 1. The van der Waals surface area contributed by atoms with Crippen LogP contribution in [0.4, 0.5) is 0 Å². The number of aryl methyl sites for hydroxylation is 3. The van der Waals surface area contributed by atoms with E-state index in [-0.39, 0.29) is 0 Å². The number of nitrogens with zero attached hydrogens (tertiary/aromatic N) is 1. The van der Waals surface area contributed by atoms with Gasteiger partial charge in [0.15, 0.2) is 0 Å². The van der Waals surface area contributed by atoms with Crippen molar-refractivity contribution in [1.82, 2.24) is 4.98 Å². The van der Waals surface area contributed by atoms with E-state index in [2.05, 4.69) is 45.0 Å². The predicted molar refractivity (Wildman–Crippen MR) is 65.2 cm³/mol. The van der Waals surface area contributed by atoms with Crippen LogP contribution in [-0.2, 0) is 12.8 Å². The van der Waals surface area contributed by atoms with Crippen molar-refractivity contribution in [1.29, 1.82) is 0 Å². The Hall–Kier alpha value is -1.37. The van der Waals surface area contributed by atoms with Crippen LogP contribution >= 0.6 is 0 Å². The molecule has 0 N–H and O–H groups in total. The maximum absolute atomic E-state index is 4.76. The molecule has 1 heteroatoms. The van der Waals surface area contributed by atoms with Crippen molar-refractivity contribution in [2.24, 2.45) is 0 Å². The Labute approximate surface area is 91.2 Å². The summed E-state index contributed by atoms with van der Waals surface area (Å²) in [4.78, 5) is 4.76. The molecule has 2 aromatic rings. The standard InChI is InChI=1S/C14H17N/c1-4-11-7-6-8-12-9-10(3)13(5-2)15-14(11)12/h6-9H,4-5H2,1-3H3. The Morgan fingerprint density at radius 1 is 1.13 bits per heavy atom. The van der Waals surface area contributed by atoms with Gasteiger partial charge in [-0.2, -0.15) is 0 Å². The molecular formula is C14H17N. The molecule has 2 rings (SSSR count). The third-order valence-electron chi connectivity index (χ3n) is 2.94. The minimum Gasteiger partial charge on any atom is -0.252 e. The van der Waals surface area contributed by atoms with E-state index in [1.54, 1.807) is 0 Å². The molecule has 0 saturated carbocycles. The van der Waals surface area contributed by atoms with Gasteiger partial charge in [-0.1, -0.05) is 32.0 Å². The molecule has 15 heavy (non-hydrogen) atoms. The summed E-state index contributed by atoms with van der Waals surface area (Å²) >= 11 is 0. The number of aromatic nitrogens is 1. The smallest absolute Gasteiger partial charge is 0.0737 e. The first-order valence-electron chi connectivity index (χ1n) is 5.64. The molecule has 0 spiro atoms. The molecule has 0 bridgehead atoms. The zero-order chi connectivity index (χ0) is 10.8. The second kappa shape index (κ2) is 4.01. The van der Waals surface area contributed by atoms with E-state index in [9.17, 15) is 0 Å². The normalized spacial score (nSPS) is 10.9. The van der Waals surface area contributed by atoms with Crippen molar-refractivity contribution < 1.29 is 0 Å². The lowest BCUT2D eigenvalue weighted by Gasteiger charge is -2.08. The van der Waals surface area contributed by atoms with Crippen molar-refractivity contribution in [2.45, 2.75) is 33.6 Å². The Balaban J connectivity index is 2.76. The Bertz CT molecular complexity index is 486. The molecular weight excluding hydrogens is 182 g/mol. The van der Waals surface area contributed by atoms with Gasteiger partial charge >= 0.3 is 0 Å². The quantitative estimate of drug-likeness (QED) is 0.719. The summed E-state index contributed by atoms with van der Waals surface area (Å²) in [6.07, 6.45) is 2.07. The number of hydrogen-bond acceptors (Lipinski definition) is 1. The van der Waals surface area contributed by atoms with Gasteiger partial charge in [-0.05, 0) is 37.0 Å². The van der Waals surface area contributed by atoms with Crippen molar-refractivity contribution >= 4 is 10.9 Å². The van der Waals surface area contributed by atoms with Crippen LogP contribution in [0.25, 0.3) is 10.9 Å². The Morgan fingerprint density at radius 2 is 1.93 bits per heavy atom. The highest BCUT2D eigenvalue weighted by Gasteiger charge is 2.04. The lowest BCUT2D eigenvalue weighted by molar-refractivity contribution is 1.02. The summed E-state index contributed by atoms with van der Waals surface area (Å²) in [6.45, 7) is 6.49. The van der Waals surface area contributed by atoms with E-state index in [1.807, 2.05) is 0 Å². The maximum atomic E-state index is 4.76. The van der Waals surface area contributed by atoms with Gasteiger partial charge in [0.2, 0.25) is 0 Å². The monoisotopic (exact) mass is 199 g/mol. The minimum absolute atomic E-state index is 1.01. The first-order chi connectivity index (χ1) is 7.26. The van der Waals surface area contributed by atoms with Crippen LogP contribution in [0.3, 0.4) is 0 Å². The van der Waals surface area contributed by atoms with Gasteiger partial charge in [0, 0.05) is 11.1 Å². The number of para-hydroxylation sites is 1. The molecule has 0 atom stereocenters. The fourth-order valence-electron chi connectivity index (χ4n) is 2.05. The molecule has 0 saturated heterocycles. The summed E-state index contributed by atoms with van der Waals surface area (Å²) in [6, 6.07) is 8.69. The fourth-order valence-corrected chi connectivity index (χ4v) is 2.05. The average molecular weight is 199 g/mol. The lowest BCUT2D eigenvalue weighted by Crippen LogP contribution is -1.95. The first kappa shape index (κ1) is 10.2.